The monoisotopic (exact) mass is 317 g/mol. The maximum absolute atomic E-state index is 7.69. The largest absolute Gasteiger partial charge is 0.384 e. The zero-order valence-corrected chi connectivity index (χ0v) is 12.5. The molecule has 0 aromatic heterocycles. The van der Waals surface area contributed by atoms with Crippen LogP contribution in [-0.4, -0.2) is 12.9 Å². The Morgan fingerprint density at radius 2 is 1.79 bits per heavy atom. The number of aryl methyl sites for hydroxylation is 1. The van der Waals surface area contributed by atoms with Crippen LogP contribution in [0.4, 0.5) is 11.4 Å². The Kier molecular flexibility index (Phi) is 3.90. The van der Waals surface area contributed by atoms with Crippen LogP contribution in [0.1, 0.15) is 11.1 Å². The minimum atomic E-state index is 0.0651. The highest BCUT2D eigenvalue weighted by Crippen LogP contribution is 2.29. The number of anilines is 2. The van der Waals surface area contributed by atoms with E-state index in [0.717, 1.165) is 21.4 Å². The lowest BCUT2D eigenvalue weighted by Crippen LogP contribution is -2.18. The maximum atomic E-state index is 7.69. The molecule has 0 aliphatic rings. The number of rotatable bonds is 3. The molecule has 0 unspecified atom stereocenters. The Hall–Kier alpha value is -1.81. The molecule has 3 N–H and O–H groups in total. The van der Waals surface area contributed by atoms with Crippen LogP contribution in [0.2, 0.25) is 0 Å². The Labute approximate surface area is 121 Å². The minimum Gasteiger partial charge on any atom is -0.384 e. The number of nitrogens with two attached hydrogens (primary N) is 1. The predicted molar refractivity (Wildman–Crippen MR) is 84.4 cm³/mol. The third kappa shape index (κ3) is 2.96. The lowest BCUT2D eigenvalue weighted by molar-refractivity contribution is 1.19. The summed E-state index contributed by atoms with van der Waals surface area (Å²) >= 11 is 3.41. The van der Waals surface area contributed by atoms with Gasteiger partial charge in [-0.25, -0.2) is 0 Å². The number of nitrogen functional groups attached to an aromatic ring is 1. The lowest BCUT2D eigenvalue weighted by Gasteiger charge is -2.22. The van der Waals surface area contributed by atoms with E-state index in [4.69, 9.17) is 11.1 Å². The van der Waals surface area contributed by atoms with Crippen molar-refractivity contribution in [2.45, 2.75) is 6.92 Å². The van der Waals surface area contributed by atoms with E-state index in [2.05, 4.69) is 47.1 Å². The highest BCUT2D eigenvalue weighted by Gasteiger charge is 2.11. The summed E-state index contributed by atoms with van der Waals surface area (Å²) in [6.45, 7) is 2.06. The molecule has 0 saturated heterocycles. The average molecular weight is 318 g/mol. The van der Waals surface area contributed by atoms with Gasteiger partial charge in [0.2, 0.25) is 0 Å². The van der Waals surface area contributed by atoms with Gasteiger partial charge in [-0.1, -0.05) is 33.6 Å². The first-order chi connectivity index (χ1) is 8.99. The molecular weight excluding hydrogens is 302 g/mol. The fourth-order valence-electron chi connectivity index (χ4n) is 1.92. The molecule has 2 aromatic rings. The molecule has 2 rings (SSSR count). The van der Waals surface area contributed by atoms with E-state index in [1.165, 1.54) is 5.56 Å². The molecule has 19 heavy (non-hydrogen) atoms. The van der Waals surface area contributed by atoms with Crippen molar-refractivity contribution >= 4 is 33.1 Å². The number of nitrogens with one attached hydrogen (secondary N) is 1. The summed E-state index contributed by atoms with van der Waals surface area (Å²) in [7, 11) is 1.97. The smallest absolute Gasteiger partial charge is 0.124 e. The van der Waals surface area contributed by atoms with Gasteiger partial charge in [0.05, 0.1) is 5.69 Å². The molecule has 4 heteroatoms. The molecule has 0 heterocycles. The van der Waals surface area contributed by atoms with Crippen LogP contribution in [0.15, 0.2) is 46.9 Å². The van der Waals surface area contributed by atoms with Gasteiger partial charge < -0.3 is 10.6 Å². The third-order valence-corrected chi connectivity index (χ3v) is 3.52. The summed E-state index contributed by atoms with van der Waals surface area (Å²) < 4.78 is 0.916. The first-order valence-corrected chi connectivity index (χ1v) is 6.72. The van der Waals surface area contributed by atoms with Crippen molar-refractivity contribution in [2.75, 3.05) is 11.9 Å². The molecule has 0 fully saturated rings. The maximum Gasteiger partial charge on any atom is 0.124 e. The van der Waals surface area contributed by atoms with Gasteiger partial charge in [-0.15, -0.1) is 0 Å². The van der Waals surface area contributed by atoms with Gasteiger partial charge in [-0.2, -0.15) is 0 Å². The van der Waals surface area contributed by atoms with Gasteiger partial charge >= 0.3 is 0 Å². The minimum absolute atomic E-state index is 0.0651. The van der Waals surface area contributed by atoms with Crippen molar-refractivity contribution in [1.29, 1.82) is 5.41 Å². The second-order valence-electron chi connectivity index (χ2n) is 4.47. The number of hydrogen-bond acceptors (Lipinski definition) is 2. The molecule has 0 aliphatic heterocycles. The quantitative estimate of drug-likeness (QED) is 0.668. The van der Waals surface area contributed by atoms with E-state index in [1.807, 2.05) is 30.1 Å². The summed E-state index contributed by atoms with van der Waals surface area (Å²) in [5.74, 6) is 0.0651. The van der Waals surface area contributed by atoms with Crippen LogP contribution in [0.25, 0.3) is 0 Å². The Morgan fingerprint density at radius 1 is 1.16 bits per heavy atom. The zero-order chi connectivity index (χ0) is 14.0. The van der Waals surface area contributed by atoms with Crippen molar-refractivity contribution in [1.82, 2.24) is 0 Å². The second-order valence-corrected chi connectivity index (χ2v) is 5.39. The van der Waals surface area contributed by atoms with Gasteiger partial charge in [0.15, 0.2) is 0 Å². The van der Waals surface area contributed by atoms with Gasteiger partial charge in [0, 0.05) is 22.8 Å². The molecule has 0 saturated carbocycles. The van der Waals surface area contributed by atoms with Gasteiger partial charge in [0.1, 0.15) is 5.84 Å². The van der Waals surface area contributed by atoms with E-state index in [-0.39, 0.29) is 5.84 Å². The first-order valence-electron chi connectivity index (χ1n) is 5.93. The van der Waals surface area contributed by atoms with E-state index in [0.29, 0.717) is 0 Å². The van der Waals surface area contributed by atoms with Crippen LogP contribution >= 0.6 is 15.9 Å². The fourth-order valence-corrected chi connectivity index (χ4v) is 2.29. The van der Waals surface area contributed by atoms with E-state index >= 15 is 0 Å². The first kappa shape index (κ1) is 13.6. The standard InChI is InChI=1S/C15H16BrN3/c1-10-3-6-12(7-4-10)19(2)14-8-5-11(16)9-13(14)15(17)18/h3-9H,1-2H3,(H3,17,18). The topological polar surface area (TPSA) is 53.1 Å². The van der Waals surface area contributed by atoms with Crippen molar-refractivity contribution in [3.05, 3.63) is 58.1 Å². The molecule has 0 radical (unpaired) electrons. The summed E-state index contributed by atoms with van der Waals surface area (Å²) in [5.41, 5.74) is 9.58. The van der Waals surface area contributed by atoms with Crippen LogP contribution < -0.4 is 10.6 Å². The van der Waals surface area contributed by atoms with Crippen molar-refractivity contribution in [3.63, 3.8) is 0 Å². The fraction of sp³-hybridized carbons (Fsp3) is 0.133. The summed E-state index contributed by atoms with van der Waals surface area (Å²) in [6, 6.07) is 14.0. The summed E-state index contributed by atoms with van der Waals surface area (Å²) in [4.78, 5) is 2.03. The van der Waals surface area contributed by atoms with Gasteiger partial charge in [-0.3, -0.25) is 5.41 Å². The Balaban J connectivity index is 2.46. The van der Waals surface area contributed by atoms with Crippen LogP contribution in [0, 0.1) is 12.3 Å². The van der Waals surface area contributed by atoms with Crippen molar-refractivity contribution in [3.8, 4) is 0 Å². The highest BCUT2D eigenvalue weighted by atomic mass is 79.9. The highest BCUT2D eigenvalue weighted by molar-refractivity contribution is 9.10. The number of halogens is 1. The van der Waals surface area contributed by atoms with E-state index in [9.17, 15) is 0 Å². The molecule has 0 aliphatic carbocycles. The zero-order valence-electron chi connectivity index (χ0n) is 10.9. The Morgan fingerprint density at radius 3 is 2.37 bits per heavy atom. The SMILES string of the molecule is Cc1ccc(N(C)c2ccc(Br)cc2C(=N)N)cc1. The summed E-state index contributed by atoms with van der Waals surface area (Å²) in [5, 5.41) is 7.69. The van der Waals surface area contributed by atoms with Gasteiger partial charge in [-0.05, 0) is 37.3 Å². The molecule has 0 spiro atoms. The lowest BCUT2D eigenvalue weighted by atomic mass is 10.1. The van der Waals surface area contributed by atoms with Crippen LogP contribution in [0.5, 0.6) is 0 Å². The van der Waals surface area contributed by atoms with E-state index in [1.54, 1.807) is 0 Å². The number of hydrogen-bond donors (Lipinski definition) is 2. The molecular formula is C15H16BrN3. The number of amidine groups is 1. The molecule has 0 amide bonds. The molecule has 98 valence electrons. The molecule has 0 bridgehead atoms. The van der Waals surface area contributed by atoms with Crippen LogP contribution in [0.3, 0.4) is 0 Å². The van der Waals surface area contributed by atoms with Gasteiger partial charge in [0.25, 0.3) is 0 Å². The normalized spacial score (nSPS) is 10.3. The van der Waals surface area contributed by atoms with Crippen molar-refractivity contribution < 1.29 is 0 Å². The predicted octanol–water partition coefficient (Wildman–Crippen LogP) is 3.81. The van der Waals surface area contributed by atoms with Crippen molar-refractivity contribution in [2.24, 2.45) is 5.73 Å². The third-order valence-electron chi connectivity index (χ3n) is 3.03. The summed E-state index contributed by atoms with van der Waals surface area (Å²) in [6.07, 6.45) is 0. The molecule has 0 atom stereocenters. The molecule has 2 aromatic carbocycles. The number of benzene rings is 2. The molecule has 3 nitrogen and oxygen atoms in total. The second kappa shape index (κ2) is 5.45. The van der Waals surface area contributed by atoms with E-state index < -0.39 is 0 Å². The average Bonchev–Trinajstić information content (AvgIpc) is 2.38. The Bertz CT molecular complexity index is 605. The van der Waals surface area contributed by atoms with Crippen LogP contribution in [-0.2, 0) is 0 Å². The number of nitrogens with zero attached hydrogens (tertiary/aromatic N) is 1.